The molecule has 3 aromatic heterocycles. The lowest BCUT2D eigenvalue weighted by Crippen LogP contribution is -2.30. The highest BCUT2D eigenvalue weighted by Gasteiger charge is 2.26. The van der Waals surface area contributed by atoms with Crippen LogP contribution in [0, 0.1) is 0 Å². The molecular formula is C19H20N6O3S. The fourth-order valence-electron chi connectivity index (χ4n) is 3.61. The van der Waals surface area contributed by atoms with Crippen LogP contribution in [0.15, 0.2) is 36.5 Å². The number of nitrogens with one attached hydrogen (secondary N) is 2. The van der Waals surface area contributed by atoms with Gasteiger partial charge in [-0.05, 0) is 43.2 Å². The smallest absolute Gasteiger partial charge is 0.241 e. The van der Waals surface area contributed by atoms with E-state index in [1.165, 1.54) is 0 Å². The van der Waals surface area contributed by atoms with E-state index in [9.17, 15) is 8.42 Å². The number of H-pyrrole nitrogens is 1. The van der Waals surface area contributed by atoms with Gasteiger partial charge in [0.1, 0.15) is 11.6 Å². The number of rotatable bonds is 4. The number of aromatic amines is 1. The molecule has 4 heterocycles. The molecule has 9 nitrogen and oxygen atoms in total. The minimum Gasteiger partial charge on any atom is -0.473 e. The van der Waals surface area contributed by atoms with Crippen molar-refractivity contribution in [2.45, 2.75) is 18.9 Å². The Labute approximate surface area is 167 Å². The Bertz CT molecular complexity index is 1300. The number of hydrogen-bond donors (Lipinski definition) is 2. The topological polar surface area (TPSA) is 115 Å². The van der Waals surface area contributed by atoms with Crippen LogP contribution in [-0.2, 0) is 16.9 Å². The number of aromatic nitrogens is 5. The van der Waals surface area contributed by atoms with Crippen LogP contribution < -0.4 is 10.1 Å². The van der Waals surface area contributed by atoms with Gasteiger partial charge in [0.2, 0.25) is 5.88 Å². The van der Waals surface area contributed by atoms with Crippen molar-refractivity contribution in [2.24, 2.45) is 7.05 Å². The van der Waals surface area contributed by atoms with Crippen molar-refractivity contribution in [3.8, 4) is 5.88 Å². The van der Waals surface area contributed by atoms with E-state index in [0.29, 0.717) is 24.5 Å². The van der Waals surface area contributed by atoms with Gasteiger partial charge in [0.05, 0.1) is 27.9 Å². The molecule has 1 saturated heterocycles. The summed E-state index contributed by atoms with van der Waals surface area (Å²) >= 11 is 0. The van der Waals surface area contributed by atoms with E-state index >= 15 is 0 Å². The molecule has 5 rings (SSSR count). The Morgan fingerprint density at radius 2 is 2.07 bits per heavy atom. The molecule has 0 spiro atoms. The molecule has 0 saturated carbocycles. The van der Waals surface area contributed by atoms with Gasteiger partial charge in [-0.1, -0.05) is 0 Å². The van der Waals surface area contributed by atoms with Crippen molar-refractivity contribution >= 4 is 43.3 Å². The summed E-state index contributed by atoms with van der Waals surface area (Å²) in [5.41, 5.74) is 3.40. The van der Waals surface area contributed by atoms with Gasteiger partial charge in [-0.2, -0.15) is 5.10 Å². The maximum Gasteiger partial charge on any atom is 0.241 e. The molecule has 2 N–H and O–H groups in total. The first-order valence-electron chi connectivity index (χ1n) is 9.38. The van der Waals surface area contributed by atoms with Gasteiger partial charge in [0.15, 0.2) is 15.7 Å². The number of hydrogen-bond acceptors (Lipinski definition) is 7. The first-order chi connectivity index (χ1) is 14.0. The normalized spacial score (nSPS) is 17.0. The molecule has 0 aliphatic carbocycles. The monoisotopic (exact) mass is 412 g/mol. The zero-order chi connectivity index (χ0) is 20.0. The highest BCUT2D eigenvalue weighted by atomic mass is 32.2. The summed E-state index contributed by atoms with van der Waals surface area (Å²) in [6.45, 7) is 0. The molecule has 0 amide bonds. The Morgan fingerprint density at radius 1 is 1.24 bits per heavy atom. The second-order valence-corrected chi connectivity index (χ2v) is 9.53. The van der Waals surface area contributed by atoms with Crippen LogP contribution in [0.4, 0.5) is 11.5 Å². The number of fused-ring (bicyclic) bond motifs is 2. The third-order valence-electron chi connectivity index (χ3n) is 5.18. The summed E-state index contributed by atoms with van der Waals surface area (Å²) in [6.07, 6.45) is 2.60. The minimum absolute atomic E-state index is 0.129. The number of nitrogens with zero attached hydrogens (tertiary/aromatic N) is 4. The predicted molar refractivity (Wildman–Crippen MR) is 110 cm³/mol. The average Bonchev–Trinajstić information content (AvgIpc) is 3.25. The van der Waals surface area contributed by atoms with Crippen LogP contribution >= 0.6 is 0 Å². The van der Waals surface area contributed by atoms with Crippen LogP contribution in [0.1, 0.15) is 12.8 Å². The van der Waals surface area contributed by atoms with Gasteiger partial charge in [0.25, 0.3) is 0 Å². The number of benzene rings is 1. The van der Waals surface area contributed by atoms with Gasteiger partial charge < -0.3 is 10.1 Å². The molecule has 0 bridgehead atoms. The lowest BCUT2D eigenvalue weighted by atomic mass is 10.2. The molecule has 29 heavy (non-hydrogen) atoms. The number of sulfone groups is 1. The second kappa shape index (κ2) is 6.73. The lowest BCUT2D eigenvalue weighted by molar-refractivity contribution is 0.183. The summed E-state index contributed by atoms with van der Waals surface area (Å²) in [5, 5.41) is 15.9. The zero-order valence-electron chi connectivity index (χ0n) is 15.8. The van der Waals surface area contributed by atoms with Crippen LogP contribution in [0.2, 0.25) is 0 Å². The van der Waals surface area contributed by atoms with E-state index in [1.807, 2.05) is 37.4 Å². The van der Waals surface area contributed by atoms with E-state index in [2.05, 4.69) is 25.6 Å². The highest BCUT2D eigenvalue weighted by Crippen LogP contribution is 2.31. The number of aryl methyl sites for hydroxylation is 1. The number of ether oxygens (including phenoxy) is 1. The third-order valence-corrected chi connectivity index (χ3v) is 6.90. The Hall–Kier alpha value is -3.14. The first-order valence-corrected chi connectivity index (χ1v) is 11.2. The summed E-state index contributed by atoms with van der Waals surface area (Å²) in [4.78, 5) is 4.36. The second-order valence-electron chi connectivity index (χ2n) is 7.23. The molecule has 150 valence electrons. The maximum absolute atomic E-state index is 11.6. The minimum atomic E-state index is -2.92. The van der Waals surface area contributed by atoms with Crippen molar-refractivity contribution in [3.63, 3.8) is 0 Å². The Balaban J connectivity index is 1.40. The third kappa shape index (κ3) is 3.39. The molecule has 0 unspecified atom stereocenters. The van der Waals surface area contributed by atoms with Crippen molar-refractivity contribution in [1.29, 1.82) is 0 Å². The average molecular weight is 412 g/mol. The van der Waals surface area contributed by atoms with Crippen molar-refractivity contribution in [2.75, 3.05) is 16.8 Å². The van der Waals surface area contributed by atoms with Gasteiger partial charge >= 0.3 is 0 Å². The summed E-state index contributed by atoms with van der Waals surface area (Å²) < 4.78 is 31.0. The standard InChI is InChI=1S/C19H20N6O3S/c1-25-16-11-12(21-18-17-15(22-23-18)3-2-8-20-17)4-5-14(16)19(24-25)28-13-6-9-29(26,27)10-7-13/h2-5,8,11,13H,6-7,9-10H2,1H3,(H2,21,22,23). The molecule has 10 heteroatoms. The molecule has 0 atom stereocenters. The quantitative estimate of drug-likeness (QED) is 0.529. The number of anilines is 2. The van der Waals surface area contributed by atoms with E-state index in [1.54, 1.807) is 10.9 Å². The van der Waals surface area contributed by atoms with Crippen LogP contribution in [0.5, 0.6) is 5.88 Å². The maximum atomic E-state index is 11.6. The molecule has 4 aromatic rings. The van der Waals surface area contributed by atoms with E-state index in [-0.39, 0.29) is 17.6 Å². The van der Waals surface area contributed by atoms with Crippen LogP contribution in [-0.4, -0.2) is 51.0 Å². The molecule has 1 aliphatic rings. The fraction of sp³-hybridized carbons (Fsp3) is 0.316. The van der Waals surface area contributed by atoms with Gasteiger partial charge in [-0.25, -0.2) is 8.42 Å². The van der Waals surface area contributed by atoms with E-state index < -0.39 is 9.84 Å². The molecular weight excluding hydrogens is 392 g/mol. The molecule has 1 fully saturated rings. The summed E-state index contributed by atoms with van der Waals surface area (Å²) in [7, 11) is -1.06. The molecule has 1 aliphatic heterocycles. The summed E-state index contributed by atoms with van der Waals surface area (Å²) in [6, 6.07) is 9.64. The van der Waals surface area contributed by atoms with Crippen LogP contribution in [0.25, 0.3) is 21.9 Å². The van der Waals surface area contributed by atoms with Crippen molar-refractivity contribution in [1.82, 2.24) is 25.0 Å². The zero-order valence-corrected chi connectivity index (χ0v) is 16.6. The van der Waals surface area contributed by atoms with Crippen LogP contribution in [0.3, 0.4) is 0 Å². The summed E-state index contributed by atoms with van der Waals surface area (Å²) in [5.74, 6) is 1.52. The first kappa shape index (κ1) is 17.9. The lowest BCUT2D eigenvalue weighted by Gasteiger charge is -2.22. The van der Waals surface area contributed by atoms with Crippen molar-refractivity contribution in [3.05, 3.63) is 36.5 Å². The highest BCUT2D eigenvalue weighted by molar-refractivity contribution is 7.91. The Morgan fingerprint density at radius 3 is 2.90 bits per heavy atom. The predicted octanol–water partition coefficient (Wildman–Crippen LogP) is 2.54. The van der Waals surface area contributed by atoms with Crippen molar-refractivity contribution < 1.29 is 13.2 Å². The number of pyridine rings is 1. The Kier molecular flexibility index (Phi) is 4.16. The van der Waals surface area contributed by atoms with Gasteiger partial charge in [-0.3, -0.25) is 14.8 Å². The van der Waals surface area contributed by atoms with E-state index in [0.717, 1.165) is 27.6 Å². The fourth-order valence-corrected chi connectivity index (χ4v) is 5.06. The van der Waals surface area contributed by atoms with Gasteiger partial charge in [-0.15, -0.1) is 5.10 Å². The van der Waals surface area contributed by atoms with E-state index in [4.69, 9.17) is 4.74 Å². The van der Waals surface area contributed by atoms with Gasteiger partial charge in [0, 0.05) is 18.9 Å². The SMILES string of the molecule is Cn1nc(OC2CCS(=O)(=O)CC2)c2ccc(Nc3n[nH]c4cccnc34)cc21. The molecule has 0 radical (unpaired) electrons. The molecule has 1 aromatic carbocycles. The largest absolute Gasteiger partial charge is 0.473 e.